The summed E-state index contributed by atoms with van der Waals surface area (Å²) in [4.78, 5) is 29.5. The van der Waals surface area contributed by atoms with Crippen LogP contribution in [0.2, 0.25) is 0 Å². The van der Waals surface area contributed by atoms with Crippen molar-refractivity contribution in [2.24, 2.45) is 7.05 Å². The van der Waals surface area contributed by atoms with Crippen LogP contribution in [0.15, 0.2) is 65.5 Å². The average molecular weight is 508 g/mol. The maximum Gasteiger partial charge on any atom is 0.350 e. The Morgan fingerprint density at radius 2 is 1.66 bits per heavy atom. The van der Waals surface area contributed by atoms with Gasteiger partial charge in [-0.3, -0.25) is 9.47 Å². The Hall–Kier alpha value is -4.60. The van der Waals surface area contributed by atoms with Gasteiger partial charge in [-0.15, -0.1) is 4.98 Å². The molecule has 1 fully saturated rings. The number of pyridine rings is 1. The Balaban J connectivity index is 1.55. The number of hydrogen-bond acceptors (Lipinski definition) is 6. The Morgan fingerprint density at radius 1 is 1.00 bits per heavy atom. The van der Waals surface area contributed by atoms with Crippen LogP contribution in [0.25, 0.3) is 15.9 Å². The van der Waals surface area contributed by atoms with Gasteiger partial charge in [0.2, 0.25) is 5.52 Å². The smallest absolute Gasteiger partial charge is 0.350 e. The van der Waals surface area contributed by atoms with E-state index in [-0.39, 0.29) is 35.5 Å². The van der Waals surface area contributed by atoms with Crippen LogP contribution in [0.1, 0.15) is 36.6 Å². The Bertz CT molecular complexity index is 1630. The van der Waals surface area contributed by atoms with Gasteiger partial charge in [0.15, 0.2) is 5.82 Å². The third-order valence-electron chi connectivity index (χ3n) is 7.21. The first kappa shape index (κ1) is 25.1. The highest BCUT2D eigenvalue weighted by atomic mass is 19.1. The number of nitriles is 1. The number of anilines is 1. The van der Waals surface area contributed by atoms with E-state index in [1.807, 2.05) is 12.1 Å². The van der Waals surface area contributed by atoms with Gasteiger partial charge in [0.05, 0.1) is 23.2 Å². The zero-order valence-electron chi connectivity index (χ0n) is 21.3. The number of hydrogen-bond donors (Lipinski definition) is 0. The number of fused-ring (bicyclic) bond motifs is 1. The maximum absolute atomic E-state index is 13.8. The molecule has 4 aromatic rings. The summed E-state index contributed by atoms with van der Waals surface area (Å²) in [5.74, 6) is 0.425. The molecule has 8 nitrogen and oxygen atoms in total. The Morgan fingerprint density at radius 3 is 2.29 bits per heavy atom. The third-order valence-corrected chi connectivity index (χ3v) is 7.21. The van der Waals surface area contributed by atoms with E-state index >= 15 is 0 Å². The van der Waals surface area contributed by atoms with Crippen molar-refractivity contribution in [3.8, 4) is 6.07 Å². The minimum atomic E-state index is -0.381. The van der Waals surface area contributed by atoms with Gasteiger partial charge >= 0.3 is 5.69 Å². The molecule has 190 valence electrons. The van der Waals surface area contributed by atoms with Gasteiger partial charge in [-0.05, 0) is 61.4 Å². The van der Waals surface area contributed by atoms with E-state index < -0.39 is 0 Å². The lowest BCUT2D eigenvalue weighted by atomic mass is 9.93. The van der Waals surface area contributed by atoms with Crippen LogP contribution in [-0.2, 0) is 7.05 Å². The van der Waals surface area contributed by atoms with Gasteiger partial charge in [-0.1, -0.05) is 30.8 Å². The zero-order valence-corrected chi connectivity index (χ0v) is 21.3. The number of benzene rings is 2. The summed E-state index contributed by atoms with van der Waals surface area (Å²) in [6.45, 7) is 12.8. The molecule has 0 spiro atoms. The molecule has 9 heteroatoms. The average Bonchev–Trinajstić information content (AvgIpc) is 2.93. The number of piperazine rings is 1. The molecular formula is C29H26FN7O. The van der Waals surface area contributed by atoms with Gasteiger partial charge in [0.1, 0.15) is 5.82 Å². The first-order chi connectivity index (χ1) is 18.3. The van der Waals surface area contributed by atoms with Crippen molar-refractivity contribution in [2.45, 2.75) is 32.0 Å². The third kappa shape index (κ3) is 4.49. The summed E-state index contributed by atoms with van der Waals surface area (Å²) in [7, 11) is 1.65. The number of halogens is 1. The highest BCUT2D eigenvalue weighted by Crippen LogP contribution is 2.35. The van der Waals surface area contributed by atoms with E-state index in [1.165, 1.54) is 16.7 Å². The Labute approximate surface area is 220 Å². The van der Waals surface area contributed by atoms with E-state index in [9.17, 15) is 14.4 Å². The quantitative estimate of drug-likeness (QED) is 0.376. The molecule has 3 heterocycles. The van der Waals surface area contributed by atoms with Crippen molar-refractivity contribution in [2.75, 3.05) is 18.0 Å². The summed E-state index contributed by atoms with van der Waals surface area (Å²) in [5.41, 5.74) is 3.29. The summed E-state index contributed by atoms with van der Waals surface area (Å²) in [5, 5.41) is 9.26. The van der Waals surface area contributed by atoms with Crippen LogP contribution in [0.3, 0.4) is 0 Å². The van der Waals surface area contributed by atoms with Crippen LogP contribution in [0.5, 0.6) is 0 Å². The van der Waals surface area contributed by atoms with Crippen LogP contribution in [-0.4, -0.2) is 44.6 Å². The van der Waals surface area contributed by atoms with Crippen LogP contribution in [0.4, 0.5) is 16.0 Å². The van der Waals surface area contributed by atoms with E-state index in [4.69, 9.17) is 6.57 Å². The topological polar surface area (TPSA) is 82.4 Å². The molecule has 0 amide bonds. The lowest BCUT2D eigenvalue weighted by Gasteiger charge is -2.48. The first-order valence-corrected chi connectivity index (χ1v) is 12.3. The second kappa shape index (κ2) is 10.0. The minimum Gasteiger partial charge on any atom is -0.361 e. The van der Waals surface area contributed by atoms with Gasteiger partial charge in [-0.2, -0.15) is 10.2 Å². The molecule has 2 aromatic carbocycles. The fourth-order valence-corrected chi connectivity index (χ4v) is 5.23. The van der Waals surface area contributed by atoms with Crippen molar-refractivity contribution in [1.82, 2.24) is 19.4 Å². The van der Waals surface area contributed by atoms with E-state index in [0.717, 1.165) is 11.1 Å². The van der Waals surface area contributed by atoms with Crippen molar-refractivity contribution in [3.05, 3.63) is 105 Å². The first-order valence-electron chi connectivity index (χ1n) is 12.3. The molecule has 1 saturated heterocycles. The zero-order chi connectivity index (χ0) is 27.0. The Kier molecular flexibility index (Phi) is 6.62. The van der Waals surface area contributed by atoms with Crippen LogP contribution >= 0.6 is 0 Å². The molecular weight excluding hydrogens is 481 g/mol. The second-order valence-electron chi connectivity index (χ2n) is 9.66. The normalized spacial score (nSPS) is 18.6. The molecule has 0 aliphatic carbocycles. The van der Waals surface area contributed by atoms with Crippen molar-refractivity contribution in [1.29, 1.82) is 5.26 Å². The van der Waals surface area contributed by atoms with E-state index in [0.29, 0.717) is 35.5 Å². The van der Waals surface area contributed by atoms with Gasteiger partial charge in [0.25, 0.3) is 5.82 Å². The molecule has 2 aromatic heterocycles. The van der Waals surface area contributed by atoms with Crippen LogP contribution in [0, 0.1) is 23.7 Å². The van der Waals surface area contributed by atoms with Gasteiger partial charge < -0.3 is 9.74 Å². The summed E-state index contributed by atoms with van der Waals surface area (Å²) in [6, 6.07) is 19.3. The molecule has 38 heavy (non-hydrogen) atoms. The molecule has 0 radical (unpaired) electrons. The number of nitrogens with zero attached hydrogens (tertiary/aromatic N) is 7. The maximum atomic E-state index is 13.8. The predicted molar refractivity (Wildman–Crippen MR) is 143 cm³/mol. The highest BCUT2D eigenvalue weighted by Gasteiger charge is 2.37. The minimum absolute atomic E-state index is 0.0156. The van der Waals surface area contributed by atoms with Crippen molar-refractivity contribution >= 4 is 22.7 Å². The molecule has 0 bridgehead atoms. The van der Waals surface area contributed by atoms with Crippen molar-refractivity contribution < 1.29 is 4.39 Å². The van der Waals surface area contributed by atoms with E-state index in [2.05, 4.69) is 44.5 Å². The summed E-state index contributed by atoms with van der Waals surface area (Å²) in [6.07, 6.45) is 0. The monoisotopic (exact) mass is 507 g/mol. The molecule has 0 saturated carbocycles. The molecule has 3 atom stereocenters. The summed E-state index contributed by atoms with van der Waals surface area (Å²) < 4.78 is 15.2. The fourth-order valence-electron chi connectivity index (χ4n) is 5.23. The largest absolute Gasteiger partial charge is 0.361 e. The molecule has 5 rings (SSSR count). The van der Waals surface area contributed by atoms with Crippen molar-refractivity contribution in [3.63, 3.8) is 0 Å². The standard InChI is InChI=1S/C29H26FN7O/c1-18-17-37(28-26-24(35(4)29(38)34-28)13-14-25(32-3)33-26)19(2)16-36(18)27(22-9-11-23(30)12-10-22)21-7-5-20(15-31)6-8-21/h5-14,18-19,27H,16-17H2,1-2,4H3/t18-,19+,27?/m1/s1. The highest BCUT2D eigenvalue weighted by molar-refractivity contribution is 5.87. The number of rotatable bonds is 4. The SMILES string of the molecule is [C-]#[N+]c1ccc2c(n1)c(N1C[C@@H](C)N(C(c3ccc(F)cc3)c3ccc(C#N)cc3)C[C@@H]1C)nc(=O)n2C. The number of aromatic nitrogens is 3. The molecule has 1 aliphatic rings. The number of aryl methyl sites for hydroxylation is 1. The second-order valence-corrected chi connectivity index (χ2v) is 9.66. The summed E-state index contributed by atoms with van der Waals surface area (Å²) >= 11 is 0. The van der Waals surface area contributed by atoms with E-state index in [1.54, 1.807) is 43.4 Å². The van der Waals surface area contributed by atoms with Gasteiger partial charge in [0, 0.05) is 32.2 Å². The molecule has 1 unspecified atom stereocenters. The lowest BCUT2D eigenvalue weighted by Crippen LogP contribution is -2.58. The molecule has 1 aliphatic heterocycles. The molecule has 0 N–H and O–H groups in total. The lowest BCUT2D eigenvalue weighted by molar-refractivity contribution is 0.129. The fraction of sp³-hybridized carbons (Fsp3) is 0.276. The predicted octanol–water partition coefficient (Wildman–Crippen LogP) is 4.58. The van der Waals surface area contributed by atoms with Crippen LogP contribution < -0.4 is 10.6 Å². The van der Waals surface area contributed by atoms with Gasteiger partial charge in [-0.25, -0.2) is 9.18 Å².